The second-order valence-electron chi connectivity index (χ2n) is 6.79. The smallest absolute Gasteiger partial charge is 0.252 e. The number of anilines is 1. The van der Waals surface area contributed by atoms with Gasteiger partial charge in [0.15, 0.2) is 0 Å². The summed E-state index contributed by atoms with van der Waals surface area (Å²) in [7, 11) is 0. The largest absolute Gasteiger partial charge is 0.340 e. The standard InChI is InChI=1S/C22H18ClFN2O2S/c23-17-10-7-15(13-18(17)26-11-1-4-20(26)27)22(28)25-21(19-3-2-12-29-19)14-5-8-16(24)9-6-14/h2-3,5-10,12-13,21H,1,4,11H2,(H,25,28). The first-order chi connectivity index (χ1) is 14.0. The number of hydrogen-bond donors (Lipinski definition) is 1. The van der Waals surface area contributed by atoms with Crippen LogP contribution in [-0.4, -0.2) is 18.4 Å². The Morgan fingerprint density at radius 1 is 1.17 bits per heavy atom. The lowest BCUT2D eigenvalue weighted by molar-refractivity contribution is -0.117. The first kappa shape index (κ1) is 19.6. The summed E-state index contributed by atoms with van der Waals surface area (Å²) in [5, 5.41) is 5.39. The molecule has 2 amide bonds. The first-order valence-corrected chi connectivity index (χ1v) is 10.5. The number of nitrogens with zero attached hydrogens (tertiary/aromatic N) is 1. The lowest BCUT2D eigenvalue weighted by Crippen LogP contribution is -2.29. The molecule has 0 saturated carbocycles. The lowest BCUT2D eigenvalue weighted by Gasteiger charge is -2.20. The molecule has 4 nitrogen and oxygen atoms in total. The van der Waals surface area contributed by atoms with Crippen LogP contribution >= 0.6 is 22.9 Å². The fourth-order valence-electron chi connectivity index (χ4n) is 3.41. The molecular formula is C22H18ClFN2O2S. The zero-order valence-electron chi connectivity index (χ0n) is 15.4. The Kier molecular flexibility index (Phi) is 5.65. The van der Waals surface area contributed by atoms with Crippen molar-refractivity contribution in [3.63, 3.8) is 0 Å². The van der Waals surface area contributed by atoms with Crippen LogP contribution in [0.25, 0.3) is 0 Å². The average Bonchev–Trinajstić information content (AvgIpc) is 3.39. The van der Waals surface area contributed by atoms with E-state index in [4.69, 9.17) is 11.6 Å². The zero-order chi connectivity index (χ0) is 20.4. The van der Waals surface area contributed by atoms with E-state index >= 15 is 0 Å². The maximum atomic E-state index is 13.4. The van der Waals surface area contributed by atoms with E-state index in [0.717, 1.165) is 16.9 Å². The van der Waals surface area contributed by atoms with E-state index in [-0.39, 0.29) is 17.6 Å². The molecule has 0 radical (unpaired) electrons. The second kappa shape index (κ2) is 8.35. The molecule has 1 aliphatic rings. The monoisotopic (exact) mass is 428 g/mol. The van der Waals surface area contributed by atoms with Crippen LogP contribution in [0.4, 0.5) is 10.1 Å². The van der Waals surface area contributed by atoms with Gasteiger partial charge in [0.2, 0.25) is 5.91 Å². The number of amides is 2. The van der Waals surface area contributed by atoms with Crippen molar-refractivity contribution < 1.29 is 14.0 Å². The summed E-state index contributed by atoms with van der Waals surface area (Å²) < 4.78 is 13.4. The van der Waals surface area contributed by atoms with Crippen LogP contribution in [0.5, 0.6) is 0 Å². The molecule has 0 aliphatic carbocycles. The van der Waals surface area contributed by atoms with Crippen LogP contribution in [0.3, 0.4) is 0 Å². The van der Waals surface area contributed by atoms with Gasteiger partial charge < -0.3 is 10.2 Å². The van der Waals surface area contributed by atoms with Crippen molar-refractivity contribution >= 4 is 40.4 Å². The molecule has 29 heavy (non-hydrogen) atoms. The minimum Gasteiger partial charge on any atom is -0.340 e. The number of carbonyl (C=O) groups is 2. The van der Waals surface area contributed by atoms with Gasteiger partial charge in [-0.25, -0.2) is 4.39 Å². The highest BCUT2D eigenvalue weighted by atomic mass is 35.5. The van der Waals surface area contributed by atoms with Gasteiger partial charge in [0, 0.05) is 23.4 Å². The third-order valence-electron chi connectivity index (χ3n) is 4.88. The maximum absolute atomic E-state index is 13.4. The molecule has 1 fully saturated rings. The highest BCUT2D eigenvalue weighted by Crippen LogP contribution is 2.31. The Balaban J connectivity index is 1.63. The number of halogens is 2. The molecule has 1 N–H and O–H groups in total. The van der Waals surface area contributed by atoms with Gasteiger partial charge >= 0.3 is 0 Å². The van der Waals surface area contributed by atoms with Crippen molar-refractivity contribution in [2.45, 2.75) is 18.9 Å². The minimum atomic E-state index is -0.407. The van der Waals surface area contributed by atoms with Gasteiger partial charge in [0.05, 0.1) is 16.8 Å². The van der Waals surface area contributed by atoms with Gasteiger partial charge in [0.1, 0.15) is 5.82 Å². The molecule has 0 bridgehead atoms. The highest BCUT2D eigenvalue weighted by molar-refractivity contribution is 7.10. The van der Waals surface area contributed by atoms with Gasteiger partial charge in [-0.1, -0.05) is 29.8 Å². The fraction of sp³-hybridized carbons (Fsp3) is 0.182. The van der Waals surface area contributed by atoms with Crippen LogP contribution in [0.1, 0.15) is 39.7 Å². The topological polar surface area (TPSA) is 49.4 Å². The molecule has 1 unspecified atom stereocenters. The number of nitrogens with one attached hydrogen (secondary N) is 1. The minimum absolute atomic E-state index is 0.00670. The molecule has 1 aromatic heterocycles. The van der Waals surface area contributed by atoms with Crippen LogP contribution < -0.4 is 10.2 Å². The van der Waals surface area contributed by atoms with E-state index in [2.05, 4.69) is 5.32 Å². The SMILES string of the molecule is O=C(NC(c1ccc(F)cc1)c1cccs1)c1ccc(Cl)c(N2CCCC2=O)c1. The van der Waals surface area contributed by atoms with E-state index in [1.54, 1.807) is 35.2 Å². The Bertz CT molecular complexity index is 1040. The van der Waals surface area contributed by atoms with Gasteiger partial charge in [-0.2, -0.15) is 0 Å². The Morgan fingerprint density at radius 2 is 1.97 bits per heavy atom. The maximum Gasteiger partial charge on any atom is 0.252 e. The summed E-state index contributed by atoms with van der Waals surface area (Å²) in [6, 6.07) is 14.4. The second-order valence-corrected chi connectivity index (χ2v) is 8.18. The normalized spacial score (nSPS) is 14.8. The molecule has 1 aliphatic heterocycles. The van der Waals surface area contributed by atoms with Crippen LogP contribution in [0.15, 0.2) is 60.0 Å². The van der Waals surface area contributed by atoms with Gasteiger partial charge in [-0.15, -0.1) is 11.3 Å². The summed E-state index contributed by atoms with van der Waals surface area (Å²) in [6.45, 7) is 0.594. The van der Waals surface area contributed by atoms with Crippen molar-refractivity contribution in [2.75, 3.05) is 11.4 Å². The molecule has 0 spiro atoms. The molecule has 148 valence electrons. The van der Waals surface area contributed by atoms with Gasteiger partial charge in [-0.05, 0) is 53.8 Å². The lowest BCUT2D eigenvalue weighted by atomic mass is 10.0. The number of benzene rings is 2. The molecular weight excluding hydrogens is 411 g/mol. The molecule has 7 heteroatoms. The van der Waals surface area contributed by atoms with Crippen molar-refractivity contribution in [3.05, 3.63) is 86.8 Å². The van der Waals surface area contributed by atoms with Crippen molar-refractivity contribution in [1.29, 1.82) is 0 Å². The molecule has 4 rings (SSSR count). The molecule has 2 aromatic carbocycles. The van der Waals surface area contributed by atoms with Crippen LogP contribution in [-0.2, 0) is 4.79 Å². The number of rotatable bonds is 5. The first-order valence-electron chi connectivity index (χ1n) is 9.22. The molecule has 1 atom stereocenters. The van der Waals surface area contributed by atoms with Crippen LogP contribution in [0.2, 0.25) is 5.02 Å². The predicted octanol–water partition coefficient (Wildman–Crippen LogP) is 5.19. The average molecular weight is 429 g/mol. The number of hydrogen-bond acceptors (Lipinski definition) is 3. The van der Waals surface area contributed by atoms with Gasteiger partial charge in [0.25, 0.3) is 5.91 Å². The summed E-state index contributed by atoms with van der Waals surface area (Å²) in [6.07, 6.45) is 1.26. The number of carbonyl (C=O) groups excluding carboxylic acids is 2. The quantitative estimate of drug-likeness (QED) is 0.608. The van der Waals surface area contributed by atoms with E-state index < -0.39 is 6.04 Å². The molecule has 2 heterocycles. The van der Waals surface area contributed by atoms with E-state index in [0.29, 0.717) is 29.2 Å². The predicted molar refractivity (Wildman–Crippen MR) is 113 cm³/mol. The number of thiophene rings is 1. The van der Waals surface area contributed by atoms with E-state index in [9.17, 15) is 14.0 Å². The Morgan fingerprint density at radius 3 is 2.62 bits per heavy atom. The molecule has 3 aromatic rings. The summed E-state index contributed by atoms with van der Waals surface area (Å²) in [5.74, 6) is -0.618. The van der Waals surface area contributed by atoms with Crippen molar-refractivity contribution in [1.82, 2.24) is 5.32 Å². The summed E-state index contributed by atoms with van der Waals surface area (Å²) in [5.41, 5.74) is 1.75. The Hall–Kier alpha value is -2.70. The van der Waals surface area contributed by atoms with E-state index in [1.165, 1.54) is 23.5 Å². The van der Waals surface area contributed by atoms with Gasteiger partial charge in [-0.3, -0.25) is 9.59 Å². The van der Waals surface area contributed by atoms with Crippen LogP contribution in [0, 0.1) is 5.82 Å². The summed E-state index contributed by atoms with van der Waals surface area (Å²) >= 11 is 7.80. The van der Waals surface area contributed by atoms with Crippen molar-refractivity contribution in [3.8, 4) is 0 Å². The Labute approximate surface area is 176 Å². The summed E-state index contributed by atoms with van der Waals surface area (Å²) in [4.78, 5) is 27.7. The van der Waals surface area contributed by atoms with E-state index in [1.807, 2.05) is 17.5 Å². The van der Waals surface area contributed by atoms with Crippen molar-refractivity contribution in [2.24, 2.45) is 0 Å². The zero-order valence-corrected chi connectivity index (χ0v) is 17.0. The molecule has 1 saturated heterocycles. The third kappa shape index (κ3) is 4.18. The highest BCUT2D eigenvalue weighted by Gasteiger charge is 2.25. The third-order valence-corrected chi connectivity index (χ3v) is 6.14. The fourth-order valence-corrected chi connectivity index (χ4v) is 4.43.